The van der Waals surface area contributed by atoms with Gasteiger partial charge in [0.25, 0.3) is 0 Å². The second kappa shape index (κ2) is 4.56. The maximum absolute atomic E-state index is 5.03. The number of hydrogen-bond acceptors (Lipinski definition) is 3. The predicted molar refractivity (Wildman–Crippen MR) is 70.0 cm³/mol. The van der Waals surface area contributed by atoms with Crippen LogP contribution in [0.25, 0.3) is 11.5 Å². The molecule has 0 saturated heterocycles. The number of rotatable bonds is 1. The molecular weight excluding hydrogens is 228 g/mol. The smallest absolute Gasteiger partial charge is 0.185 e. The first-order valence-corrected chi connectivity index (χ1v) is 8.95. The second-order valence-electron chi connectivity index (χ2n) is 4.81. The summed E-state index contributed by atoms with van der Waals surface area (Å²) < 4.78 is 5.03. The minimum absolute atomic E-state index is 0.676. The Bertz CT molecular complexity index is 542. The number of hydrogen-bond donors (Lipinski definition) is 0. The summed E-state index contributed by atoms with van der Waals surface area (Å²) in [6.07, 6.45) is 3.38. The summed E-state index contributed by atoms with van der Waals surface area (Å²) in [5, 5.41) is 3.65. The van der Waals surface area contributed by atoms with E-state index < -0.39 is 8.07 Å². The van der Waals surface area contributed by atoms with Crippen LogP contribution in [0, 0.1) is 11.5 Å². The highest BCUT2D eigenvalue weighted by atomic mass is 28.3. The Labute approximate surface area is 102 Å². The standard InChI is InChI=1S/C13H14N2OSi/c1-17(2,3)9-7-11-4-5-12(14-10-11)13-6-8-15-16-13/h4-6,8,10H,1-3H3. The zero-order valence-corrected chi connectivity index (χ0v) is 11.2. The van der Waals surface area contributed by atoms with E-state index in [4.69, 9.17) is 4.52 Å². The summed E-state index contributed by atoms with van der Waals surface area (Å²) in [5.74, 6) is 3.84. The third kappa shape index (κ3) is 3.30. The Kier molecular flexibility index (Phi) is 3.11. The molecule has 0 atom stereocenters. The average Bonchev–Trinajstić information content (AvgIpc) is 2.79. The van der Waals surface area contributed by atoms with Crippen LogP contribution in [0.3, 0.4) is 0 Å². The van der Waals surface area contributed by atoms with Crippen molar-refractivity contribution in [3.8, 4) is 22.9 Å². The van der Waals surface area contributed by atoms with Crippen LogP contribution in [0.15, 0.2) is 35.1 Å². The van der Waals surface area contributed by atoms with E-state index in [0.29, 0.717) is 5.76 Å². The predicted octanol–water partition coefficient (Wildman–Crippen LogP) is 2.97. The molecule has 0 aromatic carbocycles. The fourth-order valence-corrected chi connectivity index (χ4v) is 1.74. The van der Waals surface area contributed by atoms with Crippen molar-refractivity contribution in [2.75, 3.05) is 0 Å². The lowest BCUT2D eigenvalue weighted by molar-refractivity contribution is 0.431. The van der Waals surface area contributed by atoms with Crippen LogP contribution >= 0.6 is 0 Å². The molecular formula is C13H14N2OSi. The van der Waals surface area contributed by atoms with Gasteiger partial charge in [-0.1, -0.05) is 30.7 Å². The molecule has 0 aliphatic rings. The molecule has 0 radical (unpaired) electrons. The molecule has 0 bridgehead atoms. The van der Waals surface area contributed by atoms with E-state index in [1.807, 2.05) is 12.1 Å². The first-order chi connectivity index (χ1) is 8.04. The summed E-state index contributed by atoms with van der Waals surface area (Å²) in [4.78, 5) is 4.30. The SMILES string of the molecule is C[Si](C)(C)C#Cc1ccc(-c2ccno2)nc1. The van der Waals surface area contributed by atoms with Gasteiger partial charge in [0.05, 0.1) is 6.20 Å². The van der Waals surface area contributed by atoms with Crippen molar-refractivity contribution in [3.63, 3.8) is 0 Å². The Hall–Kier alpha value is -1.86. The number of aromatic nitrogens is 2. The lowest BCUT2D eigenvalue weighted by atomic mass is 10.2. The Morgan fingerprint density at radius 2 is 2.00 bits per heavy atom. The molecule has 2 rings (SSSR count). The minimum Gasteiger partial charge on any atom is -0.355 e. The molecule has 4 heteroatoms. The fraction of sp³-hybridized carbons (Fsp3) is 0.231. The monoisotopic (exact) mass is 242 g/mol. The summed E-state index contributed by atoms with van der Waals surface area (Å²) in [5.41, 5.74) is 5.02. The molecule has 2 aromatic rings. The van der Waals surface area contributed by atoms with E-state index in [1.54, 1.807) is 18.5 Å². The van der Waals surface area contributed by atoms with E-state index in [2.05, 4.69) is 41.2 Å². The zero-order valence-electron chi connectivity index (χ0n) is 10.2. The van der Waals surface area contributed by atoms with E-state index in [1.165, 1.54) is 0 Å². The van der Waals surface area contributed by atoms with Crippen molar-refractivity contribution >= 4 is 8.07 Å². The molecule has 17 heavy (non-hydrogen) atoms. The number of pyridine rings is 1. The summed E-state index contributed by atoms with van der Waals surface area (Å²) in [6, 6.07) is 5.64. The maximum Gasteiger partial charge on any atom is 0.185 e. The molecule has 2 aromatic heterocycles. The van der Waals surface area contributed by atoms with E-state index >= 15 is 0 Å². The fourth-order valence-electron chi connectivity index (χ4n) is 1.22. The summed E-state index contributed by atoms with van der Waals surface area (Å²) >= 11 is 0. The third-order valence-electron chi connectivity index (χ3n) is 2.04. The van der Waals surface area contributed by atoms with Gasteiger partial charge >= 0.3 is 0 Å². The maximum atomic E-state index is 5.03. The van der Waals surface area contributed by atoms with E-state index in [0.717, 1.165) is 11.3 Å². The topological polar surface area (TPSA) is 38.9 Å². The van der Waals surface area contributed by atoms with Crippen LogP contribution in [-0.4, -0.2) is 18.2 Å². The highest BCUT2D eigenvalue weighted by molar-refractivity contribution is 6.83. The van der Waals surface area contributed by atoms with Gasteiger partial charge in [0.1, 0.15) is 13.8 Å². The van der Waals surface area contributed by atoms with Gasteiger partial charge in [0.2, 0.25) is 0 Å². The molecule has 0 spiro atoms. The van der Waals surface area contributed by atoms with Gasteiger partial charge in [-0.05, 0) is 12.1 Å². The second-order valence-corrected chi connectivity index (χ2v) is 9.56. The van der Waals surface area contributed by atoms with E-state index in [9.17, 15) is 0 Å². The molecule has 2 heterocycles. The van der Waals surface area contributed by atoms with E-state index in [-0.39, 0.29) is 0 Å². The third-order valence-corrected chi connectivity index (χ3v) is 2.91. The molecule has 0 fully saturated rings. The molecule has 86 valence electrons. The number of nitrogens with zero attached hydrogens (tertiary/aromatic N) is 2. The van der Waals surface area contributed by atoms with Crippen molar-refractivity contribution < 1.29 is 4.52 Å². The van der Waals surface area contributed by atoms with Crippen LogP contribution < -0.4 is 0 Å². The van der Waals surface area contributed by atoms with Gasteiger partial charge in [-0.25, -0.2) is 0 Å². The van der Waals surface area contributed by atoms with Crippen LogP contribution in [0.1, 0.15) is 5.56 Å². The Morgan fingerprint density at radius 1 is 1.18 bits per heavy atom. The summed E-state index contributed by atoms with van der Waals surface area (Å²) in [7, 11) is -1.32. The van der Waals surface area contributed by atoms with Gasteiger partial charge in [-0.3, -0.25) is 4.98 Å². The molecule has 0 amide bonds. The van der Waals surface area contributed by atoms with Crippen LogP contribution in [0.2, 0.25) is 19.6 Å². The largest absolute Gasteiger partial charge is 0.355 e. The van der Waals surface area contributed by atoms with Gasteiger partial charge in [-0.15, -0.1) is 5.54 Å². The zero-order chi connectivity index (χ0) is 12.3. The Morgan fingerprint density at radius 3 is 2.53 bits per heavy atom. The minimum atomic E-state index is -1.32. The normalized spacial score (nSPS) is 10.8. The van der Waals surface area contributed by atoms with Crippen molar-refractivity contribution in [2.45, 2.75) is 19.6 Å². The molecule has 0 saturated carbocycles. The molecule has 0 aliphatic heterocycles. The average molecular weight is 242 g/mol. The quantitative estimate of drug-likeness (QED) is 0.570. The van der Waals surface area contributed by atoms with Crippen molar-refractivity contribution in [2.24, 2.45) is 0 Å². The van der Waals surface area contributed by atoms with Crippen LogP contribution in [-0.2, 0) is 0 Å². The lowest BCUT2D eigenvalue weighted by Crippen LogP contribution is -2.16. The summed E-state index contributed by atoms with van der Waals surface area (Å²) in [6.45, 7) is 6.66. The first kappa shape index (κ1) is 11.6. The van der Waals surface area contributed by atoms with Crippen molar-refractivity contribution in [3.05, 3.63) is 36.2 Å². The lowest BCUT2D eigenvalue weighted by Gasteiger charge is -2.03. The first-order valence-electron chi connectivity index (χ1n) is 5.45. The van der Waals surface area contributed by atoms with Crippen molar-refractivity contribution in [1.29, 1.82) is 0 Å². The molecule has 0 aliphatic carbocycles. The van der Waals surface area contributed by atoms with Gasteiger partial charge in [0, 0.05) is 17.8 Å². The Balaban J connectivity index is 2.21. The molecule has 3 nitrogen and oxygen atoms in total. The molecule has 0 N–H and O–H groups in total. The van der Waals surface area contributed by atoms with Gasteiger partial charge in [-0.2, -0.15) is 0 Å². The van der Waals surface area contributed by atoms with Crippen LogP contribution in [0.5, 0.6) is 0 Å². The highest BCUT2D eigenvalue weighted by Gasteiger charge is 2.07. The van der Waals surface area contributed by atoms with Crippen molar-refractivity contribution in [1.82, 2.24) is 10.1 Å². The highest BCUT2D eigenvalue weighted by Crippen LogP contribution is 2.15. The van der Waals surface area contributed by atoms with Gasteiger partial charge in [0.15, 0.2) is 5.76 Å². The van der Waals surface area contributed by atoms with Gasteiger partial charge < -0.3 is 4.52 Å². The van der Waals surface area contributed by atoms with Crippen LogP contribution in [0.4, 0.5) is 0 Å². The molecule has 0 unspecified atom stereocenters.